The van der Waals surface area contributed by atoms with Gasteiger partial charge in [-0.2, -0.15) is 0 Å². The van der Waals surface area contributed by atoms with Crippen LogP contribution in [0.5, 0.6) is 5.75 Å². The van der Waals surface area contributed by atoms with Crippen LogP contribution < -0.4 is 4.74 Å². The van der Waals surface area contributed by atoms with Gasteiger partial charge in [-0.1, -0.05) is 18.2 Å². The van der Waals surface area contributed by atoms with Crippen LogP contribution in [0.4, 0.5) is 0 Å². The van der Waals surface area contributed by atoms with Gasteiger partial charge in [-0.25, -0.2) is 4.79 Å². The summed E-state index contributed by atoms with van der Waals surface area (Å²) in [5, 5.41) is 9.35. The van der Waals surface area contributed by atoms with Gasteiger partial charge in [0, 0.05) is 5.56 Å². The third-order valence-electron chi connectivity index (χ3n) is 3.36. The maximum Gasteiger partial charge on any atom is 0.338 e. The van der Waals surface area contributed by atoms with E-state index in [1.807, 2.05) is 58.0 Å². The maximum atomic E-state index is 12.1. The summed E-state index contributed by atoms with van der Waals surface area (Å²) in [7, 11) is 0. The summed E-state index contributed by atoms with van der Waals surface area (Å²) in [6.45, 7) is 7.97. The van der Waals surface area contributed by atoms with E-state index < -0.39 is 5.60 Å². The number of benzene rings is 2. The maximum absolute atomic E-state index is 12.1. The second-order valence-corrected chi connectivity index (χ2v) is 6.50. The molecular formula is C20H24O4. The first-order valence-corrected chi connectivity index (χ1v) is 8.04. The van der Waals surface area contributed by atoms with Gasteiger partial charge in [0.25, 0.3) is 0 Å². The molecule has 1 N–H and O–H groups in total. The highest BCUT2D eigenvalue weighted by atomic mass is 16.6. The standard InChI is InChI=1S/C20H24O4/c1-5-23-18-11-6-14(13-21)12-17(18)15-7-9-16(10-8-15)19(22)24-20(2,3)4/h6-12,21H,5,13H2,1-4H3. The third kappa shape index (κ3) is 4.59. The molecule has 0 heterocycles. The molecule has 0 atom stereocenters. The molecule has 0 radical (unpaired) electrons. The Balaban J connectivity index is 2.32. The zero-order chi connectivity index (χ0) is 17.7. The molecule has 0 saturated carbocycles. The monoisotopic (exact) mass is 328 g/mol. The SMILES string of the molecule is CCOc1ccc(CO)cc1-c1ccc(C(=O)OC(C)(C)C)cc1. The van der Waals surface area contributed by atoms with Gasteiger partial charge in [0.15, 0.2) is 0 Å². The van der Waals surface area contributed by atoms with Crippen molar-refractivity contribution in [3.8, 4) is 16.9 Å². The number of aliphatic hydroxyl groups excluding tert-OH is 1. The van der Waals surface area contributed by atoms with E-state index in [1.54, 1.807) is 12.1 Å². The molecule has 0 spiro atoms. The second kappa shape index (κ2) is 7.49. The molecule has 4 heteroatoms. The first-order chi connectivity index (χ1) is 11.3. The highest BCUT2D eigenvalue weighted by Crippen LogP contribution is 2.31. The van der Waals surface area contributed by atoms with E-state index >= 15 is 0 Å². The average Bonchev–Trinajstić information content (AvgIpc) is 2.54. The summed E-state index contributed by atoms with van der Waals surface area (Å²) < 4.78 is 11.0. The van der Waals surface area contributed by atoms with E-state index in [4.69, 9.17) is 9.47 Å². The van der Waals surface area contributed by atoms with Crippen molar-refractivity contribution in [3.63, 3.8) is 0 Å². The molecular weight excluding hydrogens is 304 g/mol. The Hall–Kier alpha value is -2.33. The zero-order valence-electron chi connectivity index (χ0n) is 14.6. The number of carbonyl (C=O) groups excluding carboxylic acids is 1. The molecule has 24 heavy (non-hydrogen) atoms. The lowest BCUT2D eigenvalue weighted by atomic mass is 10.0. The van der Waals surface area contributed by atoms with E-state index in [0.29, 0.717) is 12.2 Å². The van der Waals surface area contributed by atoms with E-state index in [0.717, 1.165) is 22.4 Å². The van der Waals surface area contributed by atoms with Gasteiger partial charge in [-0.15, -0.1) is 0 Å². The number of carbonyl (C=O) groups is 1. The molecule has 4 nitrogen and oxygen atoms in total. The molecule has 0 aliphatic heterocycles. The summed E-state index contributed by atoms with van der Waals surface area (Å²) in [5.41, 5.74) is 2.60. The van der Waals surface area contributed by atoms with Crippen LogP contribution in [0, 0.1) is 0 Å². The molecule has 0 aliphatic carbocycles. The molecule has 2 aromatic carbocycles. The van der Waals surface area contributed by atoms with Gasteiger partial charge >= 0.3 is 5.97 Å². The molecule has 0 aromatic heterocycles. The van der Waals surface area contributed by atoms with Crippen LogP contribution in [0.2, 0.25) is 0 Å². The molecule has 0 fully saturated rings. The molecule has 2 rings (SSSR count). The normalized spacial score (nSPS) is 11.2. The number of ether oxygens (including phenoxy) is 2. The van der Waals surface area contributed by atoms with Gasteiger partial charge in [0.1, 0.15) is 11.4 Å². The topological polar surface area (TPSA) is 55.8 Å². The molecule has 0 saturated heterocycles. The number of aliphatic hydroxyl groups is 1. The van der Waals surface area contributed by atoms with Crippen molar-refractivity contribution in [3.05, 3.63) is 53.6 Å². The second-order valence-electron chi connectivity index (χ2n) is 6.50. The number of esters is 1. The van der Waals surface area contributed by atoms with Crippen molar-refractivity contribution >= 4 is 5.97 Å². The lowest BCUT2D eigenvalue weighted by molar-refractivity contribution is 0.00695. The average molecular weight is 328 g/mol. The van der Waals surface area contributed by atoms with Gasteiger partial charge in [0.05, 0.1) is 18.8 Å². The van der Waals surface area contributed by atoms with Crippen molar-refractivity contribution in [2.45, 2.75) is 39.9 Å². The smallest absolute Gasteiger partial charge is 0.338 e. The van der Waals surface area contributed by atoms with Gasteiger partial charge < -0.3 is 14.6 Å². The fraction of sp³-hybridized carbons (Fsp3) is 0.350. The molecule has 0 unspecified atom stereocenters. The minimum absolute atomic E-state index is 0.0323. The number of hydrogen-bond acceptors (Lipinski definition) is 4. The van der Waals surface area contributed by atoms with Crippen LogP contribution in [-0.2, 0) is 11.3 Å². The zero-order valence-corrected chi connectivity index (χ0v) is 14.6. The summed E-state index contributed by atoms with van der Waals surface area (Å²) >= 11 is 0. The first kappa shape index (κ1) is 18.0. The molecule has 2 aromatic rings. The van der Waals surface area contributed by atoms with Gasteiger partial charge in [-0.3, -0.25) is 0 Å². The van der Waals surface area contributed by atoms with Crippen molar-refractivity contribution in [1.82, 2.24) is 0 Å². The van der Waals surface area contributed by atoms with Crippen molar-refractivity contribution in [2.24, 2.45) is 0 Å². The quantitative estimate of drug-likeness (QED) is 0.836. The van der Waals surface area contributed by atoms with Crippen LogP contribution in [0.25, 0.3) is 11.1 Å². The highest BCUT2D eigenvalue weighted by molar-refractivity contribution is 5.90. The molecule has 128 valence electrons. The Kier molecular flexibility index (Phi) is 5.62. The Morgan fingerprint density at radius 3 is 2.29 bits per heavy atom. The lowest BCUT2D eigenvalue weighted by Crippen LogP contribution is -2.23. The summed E-state index contributed by atoms with van der Waals surface area (Å²) in [6.07, 6.45) is 0. The predicted molar refractivity (Wildman–Crippen MR) is 94.1 cm³/mol. The Bertz CT molecular complexity index is 697. The van der Waals surface area contributed by atoms with Crippen molar-refractivity contribution < 1.29 is 19.4 Å². The van der Waals surface area contributed by atoms with Crippen molar-refractivity contribution in [1.29, 1.82) is 0 Å². The van der Waals surface area contributed by atoms with Gasteiger partial charge in [0.2, 0.25) is 0 Å². The summed E-state index contributed by atoms with van der Waals surface area (Å²) in [6, 6.07) is 12.8. The molecule has 0 amide bonds. The summed E-state index contributed by atoms with van der Waals surface area (Å²) in [4.78, 5) is 12.1. The first-order valence-electron chi connectivity index (χ1n) is 8.04. The Morgan fingerprint density at radius 1 is 1.08 bits per heavy atom. The van der Waals surface area contributed by atoms with E-state index in [2.05, 4.69) is 0 Å². The van der Waals surface area contributed by atoms with Crippen LogP contribution in [-0.4, -0.2) is 23.3 Å². The number of rotatable bonds is 5. The largest absolute Gasteiger partial charge is 0.493 e. The van der Waals surface area contributed by atoms with Crippen LogP contribution in [0.15, 0.2) is 42.5 Å². The minimum atomic E-state index is -0.520. The third-order valence-corrected chi connectivity index (χ3v) is 3.36. The van der Waals surface area contributed by atoms with Crippen molar-refractivity contribution in [2.75, 3.05) is 6.61 Å². The minimum Gasteiger partial charge on any atom is -0.493 e. The van der Waals surface area contributed by atoms with Crippen LogP contribution in [0.3, 0.4) is 0 Å². The van der Waals surface area contributed by atoms with E-state index in [-0.39, 0.29) is 12.6 Å². The fourth-order valence-corrected chi connectivity index (χ4v) is 2.31. The van der Waals surface area contributed by atoms with Crippen LogP contribution in [0.1, 0.15) is 43.6 Å². The van der Waals surface area contributed by atoms with E-state index in [1.165, 1.54) is 0 Å². The van der Waals surface area contributed by atoms with Crippen LogP contribution >= 0.6 is 0 Å². The van der Waals surface area contributed by atoms with Gasteiger partial charge in [-0.05, 0) is 63.1 Å². The number of hydrogen-bond donors (Lipinski definition) is 1. The lowest BCUT2D eigenvalue weighted by Gasteiger charge is -2.19. The highest BCUT2D eigenvalue weighted by Gasteiger charge is 2.18. The Morgan fingerprint density at radius 2 is 1.75 bits per heavy atom. The van der Waals surface area contributed by atoms with E-state index in [9.17, 15) is 9.90 Å². The molecule has 0 bridgehead atoms. The molecule has 0 aliphatic rings. The summed E-state index contributed by atoms with van der Waals surface area (Å²) in [5.74, 6) is 0.405. The predicted octanol–water partition coefficient (Wildman–Crippen LogP) is 4.20. The fourth-order valence-electron chi connectivity index (χ4n) is 2.31. The Labute approximate surface area is 143 Å².